The minimum absolute atomic E-state index is 0.0504. The maximum absolute atomic E-state index is 8.89. The van der Waals surface area contributed by atoms with Crippen LogP contribution in [0.15, 0.2) is 23.6 Å². The summed E-state index contributed by atoms with van der Waals surface area (Å²) in [5.74, 6) is 0.0504. The van der Waals surface area contributed by atoms with Crippen LogP contribution in [0.25, 0.3) is 0 Å². The zero-order valence-corrected chi connectivity index (χ0v) is 12.1. The Labute approximate surface area is 119 Å². The SMILES string of the molecule is COCCN(c1cnccc1/C(N)=N/O)C(C)COC. The van der Waals surface area contributed by atoms with E-state index in [9.17, 15) is 0 Å². The molecule has 20 heavy (non-hydrogen) atoms. The molecule has 0 fully saturated rings. The minimum Gasteiger partial charge on any atom is -0.409 e. The summed E-state index contributed by atoms with van der Waals surface area (Å²) in [5.41, 5.74) is 7.13. The Bertz CT molecular complexity index is 439. The monoisotopic (exact) mass is 282 g/mol. The van der Waals surface area contributed by atoms with Gasteiger partial charge in [-0.1, -0.05) is 5.16 Å². The van der Waals surface area contributed by atoms with E-state index in [1.807, 2.05) is 6.92 Å². The predicted octanol–water partition coefficient (Wildman–Crippen LogP) is 0.664. The molecule has 1 atom stereocenters. The van der Waals surface area contributed by atoms with Gasteiger partial charge in [0.15, 0.2) is 5.84 Å². The summed E-state index contributed by atoms with van der Waals surface area (Å²) in [4.78, 5) is 6.18. The van der Waals surface area contributed by atoms with Gasteiger partial charge in [-0.05, 0) is 13.0 Å². The maximum atomic E-state index is 8.89. The van der Waals surface area contributed by atoms with Gasteiger partial charge in [-0.3, -0.25) is 4.98 Å². The number of anilines is 1. The summed E-state index contributed by atoms with van der Waals surface area (Å²) in [6.07, 6.45) is 3.29. The van der Waals surface area contributed by atoms with Gasteiger partial charge < -0.3 is 25.3 Å². The average molecular weight is 282 g/mol. The van der Waals surface area contributed by atoms with Gasteiger partial charge in [0, 0.05) is 38.6 Å². The van der Waals surface area contributed by atoms with E-state index in [4.69, 9.17) is 20.4 Å². The molecule has 0 spiro atoms. The molecule has 0 aromatic carbocycles. The van der Waals surface area contributed by atoms with E-state index in [2.05, 4.69) is 15.0 Å². The van der Waals surface area contributed by atoms with E-state index in [0.717, 1.165) is 5.69 Å². The molecule has 7 nitrogen and oxygen atoms in total. The van der Waals surface area contributed by atoms with Crippen molar-refractivity contribution in [2.45, 2.75) is 13.0 Å². The molecule has 3 N–H and O–H groups in total. The molecule has 0 amide bonds. The highest BCUT2D eigenvalue weighted by molar-refractivity contribution is 6.02. The Balaban J connectivity index is 3.12. The van der Waals surface area contributed by atoms with Gasteiger partial charge in [0.1, 0.15) is 0 Å². The Kier molecular flexibility index (Phi) is 6.75. The zero-order chi connectivity index (χ0) is 15.0. The summed E-state index contributed by atoms with van der Waals surface area (Å²) in [5, 5.41) is 12.0. The second-order valence-electron chi connectivity index (χ2n) is 4.37. The van der Waals surface area contributed by atoms with E-state index in [0.29, 0.717) is 25.3 Å². The summed E-state index contributed by atoms with van der Waals surface area (Å²) in [6, 6.07) is 1.81. The fraction of sp³-hybridized carbons (Fsp3) is 0.538. The first-order chi connectivity index (χ1) is 9.65. The largest absolute Gasteiger partial charge is 0.409 e. The first-order valence-corrected chi connectivity index (χ1v) is 6.32. The third-order valence-electron chi connectivity index (χ3n) is 2.97. The van der Waals surface area contributed by atoms with Crippen molar-refractivity contribution in [2.75, 3.05) is 38.9 Å². The maximum Gasteiger partial charge on any atom is 0.172 e. The van der Waals surface area contributed by atoms with E-state index in [-0.39, 0.29) is 11.9 Å². The number of hydrogen-bond donors (Lipinski definition) is 2. The lowest BCUT2D eigenvalue weighted by Crippen LogP contribution is -2.40. The molecule has 0 saturated heterocycles. The molecule has 1 aromatic rings. The van der Waals surface area contributed by atoms with Crippen molar-refractivity contribution in [3.05, 3.63) is 24.0 Å². The molecule has 1 rings (SSSR count). The summed E-state index contributed by atoms with van der Waals surface area (Å²) in [6.45, 7) is 3.79. The van der Waals surface area contributed by atoms with Gasteiger partial charge in [0.2, 0.25) is 0 Å². The molecule has 1 aromatic heterocycles. The van der Waals surface area contributed by atoms with Crippen LogP contribution in [-0.2, 0) is 9.47 Å². The van der Waals surface area contributed by atoms with Crippen molar-refractivity contribution in [1.29, 1.82) is 0 Å². The highest BCUT2D eigenvalue weighted by Gasteiger charge is 2.19. The zero-order valence-electron chi connectivity index (χ0n) is 12.1. The Morgan fingerprint density at radius 3 is 2.85 bits per heavy atom. The number of ether oxygens (including phenoxy) is 2. The number of nitrogens with zero attached hydrogens (tertiary/aromatic N) is 3. The van der Waals surface area contributed by atoms with Crippen molar-refractivity contribution >= 4 is 11.5 Å². The normalized spacial score (nSPS) is 13.2. The molecule has 0 radical (unpaired) electrons. The van der Waals surface area contributed by atoms with Gasteiger partial charge in [0.05, 0.1) is 25.1 Å². The van der Waals surface area contributed by atoms with E-state index < -0.39 is 0 Å². The summed E-state index contributed by atoms with van der Waals surface area (Å²) >= 11 is 0. The quantitative estimate of drug-likeness (QED) is 0.315. The number of oxime groups is 1. The van der Waals surface area contributed by atoms with Crippen molar-refractivity contribution in [3.8, 4) is 0 Å². The Hall–Kier alpha value is -1.86. The lowest BCUT2D eigenvalue weighted by atomic mass is 10.1. The molecular formula is C13H22N4O3. The topological polar surface area (TPSA) is 93.2 Å². The number of pyridine rings is 1. The first kappa shape index (κ1) is 16.2. The van der Waals surface area contributed by atoms with Crippen LogP contribution in [0, 0.1) is 0 Å². The van der Waals surface area contributed by atoms with Crippen LogP contribution in [0.1, 0.15) is 12.5 Å². The van der Waals surface area contributed by atoms with Crippen LogP contribution in [0.5, 0.6) is 0 Å². The van der Waals surface area contributed by atoms with Gasteiger partial charge in [-0.15, -0.1) is 0 Å². The van der Waals surface area contributed by atoms with Crippen molar-refractivity contribution in [1.82, 2.24) is 4.98 Å². The number of aromatic nitrogens is 1. The Morgan fingerprint density at radius 1 is 1.50 bits per heavy atom. The first-order valence-electron chi connectivity index (χ1n) is 6.32. The van der Waals surface area contributed by atoms with Crippen LogP contribution in [-0.4, -0.2) is 56.0 Å². The molecule has 1 unspecified atom stereocenters. The molecule has 0 aliphatic carbocycles. The van der Waals surface area contributed by atoms with Crippen LogP contribution >= 0.6 is 0 Å². The third-order valence-corrected chi connectivity index (χ3v) is 2.97. The van der Waals surface area contributed by atoms with Gasteiger partial charge in [-0.25, -0.2) is 0 Å². The molecule has 0 aliphatic rings. The molecule has 1 heterocycles. The molecule has 0 aliphatic heterocycles. The molecule has 0 saturated carbocycles. The standard InChI is InChI=1S/C13H22N4O3/c1-10(9-20-3)17(6-7-19-2)12-8-15-5-4-11(12)13(14)16-18/h4-5,8,10,18H,6-7,9H2,1-3H3,(H2,14,16). The number of rotatable bonds is 8. The fourth-order valence-corrected chi connectivity index (χ4v) is 1.98. The van der Waals surface area contributed by atoms with Crippen LogP contribution in [0.4, 0.5) is 5.69 Å². The molecule has 0 bridgehead atoms. The number of nitrogens with two attached hydrogens (primary N) is 1. The Morgan fingerprint density at radius 2 is 2.25 bits per heavy atom. The van der Waals surface area contributed by atoms with E-state index >= 15 is 0 Å². The summed E-state index contributed by atoms with van der Waals surface area (Å²) in [7, 11) is 3.30. The van der Waals surface area contributed by atoms with E-state index in [1.54, 1.807) is 32.7 Å². The average Bonchev–Trinajstić information content (AvgIpc) is 2.47. The molecule has 7 heteroatoms. The number of hydrogen-bond acceptors (Lipinski definition) is 6. The smallest absolute Gasteiger partial charge is 0.172 e. The lowest BCUT2D eigenvalue weighted by molar-refractivity contribution is 0.171. The van der Waals surface area contributed by atoms with Gasteiger partial charge in [0.25, 0.3) is 0 Å². The highest BCUT2D eigenvalue weighted by Crippen LogP contribution is 2.21. The van der Waals surface area contributed by atoms with Crippen molar-refractivity contribution in [3.63, 3.8) is 0 Å². The van der Waals surface area contributed by atoms with Crippen molar-refractivity contribution < 1.29 is 14.7 Å². The number of methoxy groups -OCH3 is 2. The minimum atomic E-state index is 0.0504. The molecule has 112 valence electrons. The second-order valence-corrected chi connectivity index (χ2v) is 4.37. The van der Waals surface area contributed by atoms with Crippen LogP contribution in [0.2, 0.25) is 0 Å². The third kappa shape index (κ3) is 4.07. The van der Waals surface area contributed by atoms with E-state index in [1.165, 1.54) is 0 Å². The fourth-order valence-electron chi connectivity index (χ4n) is 1.98. The van der Waals surface area contributed by atoms with Crippen LogP contribution in [0.3, 0.4) is 0 Å². The predicted molar refractivity (Wildman–Crippen MR) is 77.3 cm³/mol. The number of amidine groups is 1. The highest BCUT2D eigenvalue weighted by atomic mass is 16.5. The van der Waals surface area contributed by atoms with Crippen molar-refractivity contribution in [2.24, 2.45) is 10.9 Å². The van der Waals surface area contributed by atoms with Gasteiger partial charge >= 0.3 is 0 Å². The lowest BCUT2D eigenvalue weighted by Gasteiger charge is -2.31. The second kappa shape index (κ2) is 8.34. The summed E-state index contributed by atoms with van der Waals surface area (Å²) < 4.78 is 10.3. The van der Waals surface area contributed by atoms with Crippen LogP contribution < -0.4 is 10.6 Å². The molecular weight excluding hydrogens is 260 g/mol. The van der Waals surface area contributed by atoms with Gasteiger partial charge in [-0.2, -0.15) is 0 Å².